The first-order valence-corrected chi connectivity index (χ1v) is 6.02. The van der Waals surface area contributed by atoms with Crippen molar-refractivity contribution in [1.29, 1.82) is 0 Å². The van der Waals surface area contributed by atoms with Gasteiger partial charge in [0.2, 0.25) is 5.65 Å². The maximum Gasteiger partial charge on any atom is 0.290 e. The lowest BCUT2D eigenvalue weighted by molar-refractivity contribution is 0.667. The van der Waals surface area contributed by atoms with Crippen LogP contribution in [-0.2, 0) is 6.54 Å². The van der Waals surface area contributed by atoms with Gasteiger partial charge in [-0.05, 0) is 5.56 Å². The minimum Gasteiger partial charge on any atom is -0.266 e. The van der Waals surface area contributed by atoms with Crippen LogP contribution in [0.5, 0.6) is 0 Å². The van der Waals surface area contributed by atoms with Gasteiger partial charge in [-0.25, -0.2) is 9.20 Å². The van der Waals surface area contributed by atoms with Crippen LogP contribution in [0.3, 0.4) is 0 Å². The van der Waals surface area contributed by atoms with Gasteiger partial charge in [0.25, 0.3) is 5.56 Å². The van der Waals surface area contributed by atoms with Crippen molar-refractivity contribution >= 4 is 16.7 Å². The molecule has 3 aromatic heterocycles. The number of aromatic nitrogens is 7. The summed E-state index contributed by atoms with van der Waals surface area (Å²) in [4.78, 5) is 12.1. The summed E-state index contributed by atoms with van der Waals surface area (Å²) in [5.74, 6) is 0. The van der Waals surface area contributed by atoms with Crippen LogP contribution in [0, 0.1) is 0 Å². The summed E-state index contributed by atoms with van der Waals surface area (Å²) in [5, 5.41) is 18.4. The smallest absolute Gasteiger partial charge is 0.266 e. The lowest BCUT2D eigenvalue weighted by Crippen LogP contribution is -2.15. The third kappa shape index (κ3) is 1.51. The Morgan fingerprint density at radius 2 is 2.00 bits per heavy atom. The molecular formula is C12H9N7O. The van der Waals surface area contributed by atoms with Crippen molar-refractivity contribution in [2.75, 3.05) is 0 Å². The Labute approximate surface area is 111 Å². The molecule has 0 aliphatic rings. The standard InChI is InChI=1S/C12H9N7O/c20-12-10-9(11-15-13-7-19(11)16-12)14-17-18(10)6-8-4-2-1-3-5-8/h1-5,7H,6H2,(H,16,20). The number of fused-ring (bicyclic) bond motifs is 3. The number of nitrogens with one attached hydrogen (secondary N) is 1. The van der Waals surface area contributed by atoms with E-state index in [0.717, 1.165) is 5.56 Å². The molecule has 0 bridgehead atoms. The molecule has 4 aromatic rings. The zero-order valence-electron chi connectivity index (χ0n) is 10.3. The van der Waals surface area contributed by atoms with Crippen LogP contribution in [0.25, 0.3) is 16.7 Å². The topological polar surface area (TPSA) is 93.8 Å². The first kappa shape index (κ1) is 10.9. The van der Waals surface area contributed by atoms with Crippen LogP contribution >= 0.6 is 0 Å². The summed E-state index contributed by atoms with van der Waals surface area (Å²) in [6.07, 6.45) is 1.42. The van der Waals surface area contributed by atoms with Crippen molar-refractivity contribution in [1.82, 2.24) is 34.8 Å². The second kappa shape index (κ2) is 3.98. The Balaban J connectivity index is 1.95. The molecule has 3 heterocycles. The maximum atomic E-state index is 12.1. The molecule has 0 aliphatic carbocycles. The van der Waals surface area contributed by atoms with Crippen LogP contribution < -0.4 is 5.56 Å². The fraction of sp³-hybridized carbons (Fsp3) is 0.0833. The highest BCUT2D eigenvalue weighted by molar-refractivity contribution is 5.86. The van der Waals surface area contributed by atoms with Crippen molar-refractivity contribution < 1.29 is 0 Å². The zero-order chi connectivity index (χ0) is 13.5. The second-order valence-electron chi connectivity index (χ2n) is 4.40. The van der Waals surface area contributed by atoms with Crippen LogP contribution in [0.2, 0.25) is 0 Å². The number of aromatic amines is 1. The molecule has 0 amide bonds. The molecule has 1 aromatic carbocycles. The number of rotatable bonds is 2. The Hall–Kier alpha value is -3.03. The van der Waals surface area contributed by atoms with E-state index in [-0.39, 0.29) is 5.56 Å². The monoisotopic (exact) mass is 267 g/mol. The summed E-state index contributed by atoms with van der Waals surface area (Å²) in [5.41, 5.74) is 2.10. The van der Waals surface area contributed by atoms with Gasteiger partial charge in [0.05, 0.1) is 6.54 Å². The number of H-pyrrole nitrogens is 1. The summed E-state index contributed by atoms with van der Waals surface area (Å²) in [7, 11) is 0. The molecular weight excluding hydrogens is 258 g/mol. The first-order valence-electron chi connectivity index (χ1n) is 6.02. The zero-order valence-corrected chi connectivity index (χ0v) is 10.3. The minimum absolute atomic E-state index is 0.270. The third-order valence-electron chi connectivity index (χ3n) is 3.11. The molecule has 0 fully saturated rings. The number of hydrogen-bond acceptors (Lipinski definition) is 5. The largest absolute Gasteiger partial charge is 0.290 e. The fourth-order valence-corrected chi connectivity index (χ4v) is 2.20. The van der Waals surface area contributed by atoms with Gasteiger partial charge in [-0.3, -0.25) is 9.89 Å². The number of nitrogens with zero attached hydrogens (tertiary/aromatic N) is 6. The average Bonchev–Trinajstić information content (AvgIpc) is 3.07. The van der Waals surface area contributed by atoms with Crippen molar-refractivity contribution in [2.24, 2.45) is 0 Å². The van der Waals surface area contributed by atoms with Crippen molar-refractivity contribution in [3.05, 3.63) is 52.6 Å². The Morgan fingerprint density at radius 1 is 1.15 bits per heavy atom. The van der Waals surface area contributed by atoms with Crippen LogP contribution in [0.4, 0.5) is 0 Å². The number of hydrogen-bond donors (Lipinski definition) is 1. The van der Waals surface area contributed by atoms with E-state index in [0.29, 0.717) is 23.2 Å². The predicted octanol–water partition coefficient (Wildman–Crippen LogP) is 0.211. The number of benzene rings is 1. The first-order chi connectivity index (χ1) is 9.83. The van der Waals surface area contributed by atoms with E-state index in [1.54, 1.807) is 4.68 Å². The third-order valence-corrected chi connectivity index (χ3v) is 3.11. The molecule has 0 atom stereocenters. The van der Waals surface area contributed by atoms with Crippen LogP contribution in [0.15, 0.2) is 41.5 Å². The van der Waals surface area contributed by atoms with Gasteiger partial charge in [0, 0.05) is 0 Å². The van der Waals surface area contributed by atoms with E-state index in [9.17, 15) is 4.79 Å². The Bertz CT molecular complexity index is 950. The van der Waals surface area contributed by atoms with Gasteiger partial charge in [0.15, 0.2) is 11.0 Å². The van der Waals surface area contributed by atoms with E-state index in [2.05, 4.69) is 25.6 Å². The van der Waals surface area contributed by atoms with E-state index >= 15 is 0 Å². The molecule has 1 N–H and O–H groups in total. The van der Waals surface area contributed by atoms with Crippen molar-refractivity contribution in [3.8, 4) is 0 Å². The fourth-order valence-electron chi connectivity index (χ4n) is 2.20. The van der Waals surface area contributed by atoms with Gasteiger partial charge in [-0.1, -0.05) is 35.5 Å². The minimum atomic E-state index is -0.270. The molecule has 98 valence electrons. The summed E-state index contributed by atoms with van der Waals surface area (Å²) in [6, 6.07) is 9.76. The quantitative estimate of drug-likeness (QED) is 0.560. The summed E-state index contributed by atoms with van der Waals surface area (Å²) < 4.78 is 3.00. The molecule has 0 saturated heterocycles. The maximum absolute atomic E-state index is 12.1. The lowest BCUT2D eigenvalue weighted by atomic mass is 10.2. The van der Waals surface area contributed by atoms with Gasteiger partial charge < -0.3 is 0 Å². The molecule has 0 spiro atoms. The van der Waals surface area contributed by atoms with Crippen molar-refractivity contribution in [3.63, 3.8) is 0 Å². The van der Waals surface area contributed by atoms with Gasteiger partial charge in [-0.2, -0.15) is 0 Å². The van der Waals surface area contributed by atoms with E-state index in [1.807, 2.05) is 30.3 Å². The lowest BCUT2D eigenvalue weighted by Gasteiger charge is -2.01. The summed E-state index contributed by atoms with van der Waals surface area (Å²) in [6.45, 7) is 0.477. The molecule has 0 radical (unpaired) electrons. The molecule has 4 rings (SSSR count). The molecule has 8 nitrogen and oxygen atoms in total. The second-order valence-corrected chi connectivity index (χ2v) is 4.40. The van der Waals surface area contributed by atoms with E-state index < -0.39 is 0 Å². The van der Waals surface area contributed by atoms with Crippen LogP contribution in [0.1, 0.15) is 5.56 Å². The van der Waals surface area contributed by atoms with Gasteiger partial charge >= 0.3 is 0 Å². The normalized spacial score (nSPS) is 11.4. The van der Waals surface area contributed by atoms with Crippen molar-refractivity contribution in [2.45, 2.75) is 6.54 Å². The Morgan fingerprint density at radius 3 is 2.85 bits per heavy atom. The van der Waals surface area contributed by atoms with Gasteiger partial charge in [-0.15, -0.1) is 15.3 Å². The molecule has 20 heavy (non-hydrogen) atoms. The SMILES string of the molecule is O=c1[nH]n2cnnc2c2nnn(Cc3ccccc3)c12. The highest BCUT2D eigenvalue weighted by Gasteiger charge is 2.14. The predicted molar refractivity (Wildman–Crippen MR) is 70.2 cm³/mol. The molecule has 0 saturated carbocycles. The highest BCUT2D eigenvalue weighted by Crippen LogP contribution is 2.11. The molecule has 0 aliphatic heterocycles. The summed E-state index contributed by atoms with van der Waals surface area (Å²) >= 11 is 0. The van der Waals surface area contributed by atoms with Crippen LogP contribution in [-0.4, -0.2) is 34.8 Å². The Kier molecular flexibility index (Phi) is 2.16. The molecule has 0 unspecified atom stereocenters. The van der Waals surface area contributed by atoms with E-state index in [4.69, 9.17) is 0 Å². The average molecular weight is 267 g/mol. The highest BCUT2D eigenvalue weighted by atomic mass is 16.1. The van der Waals surface area contributed by atoms with E-state index in [1.165, 1.54) is 10.8 Å². The molecule has 8 heteroatoms. The van der Waals surface area contributed by atoms with Gasteiger partial charge in [0.1, 0.15) is 6.33 Å².